The van der Waals surface area contributed by atoms with Gasteiger partial charge in [-0.3, -0.25) is 0 Å². The molecule has 1 nitrogen and oxygen atoms in total. The molecule has 112 valence electrons. The number of benzene rings is 2. The lowest BCUT2D eigenvalue weighted by Gasteiger charge is -2.35. The summed E-state index contributed by atoms with van der Waals surface area (Å²) in [5, 5.41) is 3.18. The number of likely N-dealkylation sites (N-methyl/N-ethyl adjacent to an activating group) is 1. The lowest BCUT2D eigenvalue weighted by atomic mass is 9.74. The van der Waals surface area contributed by atoms with E-state index in [4.69, 9.17) is 0 Å². The van der Waals surface area contributed by atoms with E-state index in [1.165, 1.54) is 0 Å². The van der Waals surface area contributed by atoms with Crippen LogP contribution in [0.1, 0.15) is 36.6 Å². The van der Waals surface area contributed by atoms with Gasteiger partial charge in [-0.1, -0.05) is 44.2 Å². The predicted octanol–water partition coefficient (Wildman–Crippen LogP) is 4.51. The van der Waals surface area contributed by atoms with Gasteiger partial charge in [-0.15, -0.1) is 0 Å². The molecule has 0 saturated carbocycles. The van der Waals surface area contributed by atoms with Crippen molar-refractivity contribution in [2.24, 2.45) is 0 Å². The van der Waals surface area contributed by atoms with Crippen molar-refractivity contribution >= 4 is 0 Å². The summed E-state index contributed by atoms with van der Waals surface area (Å²) in [6.45, 7) is 5.77. The fourth-order valence-electron chi connectivity index (χ4n) is 2.84. The molecule has 0 heterocycles. The van der Waals surface area contributed by atoms with E-state index >= 15 is 0 Å². The highest BCUT2D eigenvalue weighted by Crippen LogP contribution is 2.38. The van der Waals surface area contributed by atoms with Gasteiger partial charge in [-0.25, -0.2) is 8.78 Å². The van der Waals surface area contributed by atoms with Crippen LogP contribution in [-0.4, -0.2) is 7.05 Å². The molecular formula is C18H21F2N. The first kappa shape index (κ1) is 15.6. The molecule has 2 aromatic carbocycles. The van der Waals surface area contributed by atoms with E-state index < -0.39 is 11.6 Å². The highest BCUT2D eigenvalue weighted by atomic mass is 19.1. The highest BCUT2D eigenvalue weighted by molar-refractivity contribution is 5.35. The van der Waals surface area contributed by atoms with Crippen LogP contribution >= 0.6 is 0 Å². The van der Waals surface area contributed by atoms with Crippen LogP contribution < -0.4 is 5.32 Å². The zero-order valence-electron chi connectivity index (χ0n) is 12.9. The third-order valence-electron chi connectivity index (χ3n) is 4.12. The summed E-state index contributed by atoms with van der Waals surface area (Å²) >= 11 is 0. The topological polar surface area (TPSA) is 12.0 Å². The molecule has 0 radical (unpaired) electrons. The third kappa shape index (κ3) is 2.98. The summed E-state index contributed by atoms with van der Waals surface area (Å²) in [7, 11) is 1.80. The minimum atomic E-state index is -0.513. The fraction of sp³-hybridized carbons (Fsp3) is 0.333. The van der Waals surface area contributed by atoms with Crippen molar-refractivity contribution in [3.8, 4) is 0 Å². The average Bonchev–Trinajstić information content (AvgIpc) is 2.46. The molecule has 21 heavy (non-hydrogen) atoms. The fourth-order valence-corrected chi connectivity index (χ4v) is 2.84. The molecule has 0 spiro atoms. The van der Waals surface area contributed by atoms with Crippen molar-refractivity contribution in [3.05, 3.63) is 70.8 Å². The maximum absolute atomic E-state index is 14.2. The van der Waals surface area contributed by atoms with Crippen LogP contribution in [0.2, 0.25) is 0 Å². The first-order chi connectivity index (χ1) is 9.87. The Morgan fingerprint density at radius 1 is 1.00 bits per heavy atom. The molecule has 0 aliphatic heterocycles. The summed E-state index contributed by atoms with van der Waals surface area (Å²) in [4.78, 5) is 0. The number of rotatable bonds is 4. The highest BCUT2D eigenvalue weighted by Gasteiger charge is 2.33. The predicted molar refractivity (Wildman–Crippen MR) is 82.4 cm³/mol. The summed E-state index contributed by atoms with van der Waals surface area (Å²) < 4.78 is 27.7. The van der Waals surface area contributed by atoms with E-state index in [-0.39, 0.29) is 11.5 Å². The molecule has 0 aliphatic rings. The van der Waals surface area contributed by atoms with Gasteiger partial charge in [0.25, 0.3) is 0 Å². The van der Waals surface area contributed by atoms with Gasteiger partial charge < -0.3 is 5.32 Å². The van der Waals surface area contributed by atoms with E-state index in [2.05, 4.69) is 19.2 Å². The van der Waals surface area contributed by atoms with Crippen LogP contribution in [0.4, 0.5) is 8.78 Å². The third-order valence-corrected chi connectivity index (χ3v) is 4.12. The van der Waals surface area contributed by atoms with Gasteiger partial charge in [0.15, 0.2) is 0 Å². The Balaban J connectivity index is 2.51. The van der Waals surface area contributed by atoms with Crippen molar-refractivity contribution in [2.45, 2.75) is 32.2 Å². The van der Waals surface area contributed by atoms with Gasteiger partial charge in [0, 0.05) is 23.1 Å². The average molecular weight is 289 g/mol. The number of nitrogens with one attached hydrogen (secondary N) is 1. The summed E-state index contributed by atoms with van der Waals surface area (Å²) in [6, 6.07) is 12.3. The Morgan fingerprint density at radius 2 is 1.62 bits per heavy atom. The van der Waals surface area contributed by atoms with Crippen molar-refractivity contribution in [1.82, 2.24) is 5.32 Å². The molecule has 0 fully saturated rings. The summed E-state index contributed by atoms with van der Waals surface area (Å²) in [6.07, 6.45) is 0. The Labute approximate surface area is 125 Å². The molecule has 3 heteroatoms. The van der Waals surface area contributed by atoms with Crippen molar-refractivity contribution < 1.29 is 8.78 Å². The van der Waals surface area contributed by atoms with Gasteiger partial charge in [-0.2, -0.15) is 0 Å². The Morgan fingerprint density at radius 3 is 2.19 bits per heavy atom. The first-order valence-corrected chi connectivity index (χ1v) is 7.06. The lowest BCUT2D eigenvalue weighted by Crippen LogP contribution is -2.36. The number of hydrogen-bond donors (Lipinski definition) is 1. The van der Waals surface area contributed by atoms with Crippen LogP contribution in [0.5, 0.6) is 0 Å². The Bertz CT molecular complexity index is 621. The second-order valence-corrected chi connectivity index (χ2v) is 5.93. The van der Waals surface area contributed by atoms with Gasteiger partial charge >= 0.3 is 0 Å². The molecule has 0 bridgehead atoms. The van der Waals surface area contributed by atoms with E-state index in [1.807, 2.05) is 30.3 Å². The summed E-state index contributed by atoms with van der Waals surface area (Å²) in [5.41, 5.74) is 1.72. The minimum Gasteiger partial charge on any atom is -0.312 e. The van der Waals surface area contributed by atoms with E-state index in [0.29, 0.717) is 11.1 Å². The first-order valence-electron chi connectivity index (χ1n) is 7.06. The maximum atomic E-state index is 14.2. The van der Waals surface area contributed by atoms with Crippen LogP contribution in [-0.2, 0) is 5.41 Å². The molecule has 1 unspecified atom stereocenters. The zero-order valence-corrected chi connectivity index (χ0v) is 12.9. The standard InChI is InChI=1S/C18H21F2N/c1-12-10-14(16(20)11-15(12)19)17(21-4)18(2,3)13-8-6-5-7-9-13/h5-11,17,21H,1-4H3. The minimum absolute atomic E-state index is 0.251. The monoisotopic (exact) mass is 289 g/mol. The van der Waals surface area contributed by atoms with E-state index in [0.717, 1.165) is 11.6 Å². The largest absolute Gasteiger partial charge is 0.312 e. The zero-order chi connectivity index (χ0) is 15.6. The maximum Gasteiger partial charge on any atom is 0.130 e. The van der Waals surface area contributed by atoms with Crippen LogP contribution in [0, 0.1) is 18.6 Å². The smallest absolute Gasteiger partial charge is 0.130 e. The van der Waals surface area contributed by atoms with Gasteiger partial charge in [-0.05, 0) is 31.2 Å². The van der Waals surface area contributed by atoms with Crippen molar-refractivity contribution in [1.29, 1.82) is 0 Å². The van der Waals surface area contributed by atoms with Crippen LogP contribution in [0.3, 0.4) is 0 Å². The molecule has 1 atom stereocenters. The van der Waals surface area contributed by atoms with Crippen LogP contribution in [0.25, 0.3) is 0 Å². The van der Waals surface area contributed by atoms with E-state index in [9.17, 15) is 8.78 Å². The second kappa shape index (κ2) is 5.94. The molecule has 2 rings (SSSR count). The lowest BCUT2D eigenvalue weighted by molar-refractivity contribution is 0.356. The molecule has 2 aromatic rings. The Kier molecular flexibility index (Phi) is 4.43. The number of aryl methyl sites for hydroxylation is 1. The molecule has 1 N–H and O–H groups in total. The SMILES string of the molecule is CNC(c1cc(C)c(F)cc1F)C(C)(C)c1ccccc1. The molecule has 0 aromatic heterocycles. The summed E-state index contributed by atoms with van der Waals surface area (Å²) in [5.74, 6) is -1.02. The molecule has 0 saturated heterocycles. The number of halogens is 2. The van der Waals surface area contributed by atoms with Gasteiger partial charge in [0.05, 0.1) is 0 Å². The Hall–Kier alpha value is -1.74. The van der Waals surface area contributed by atoms with E-state index in [1.54, 1.807) is 20.0 Å². The molecule has 0 aliphatic carbocycles. The van der Waals surface area contributed by atoms with Gasteiger partial charge in [0.1, 0.15) is 11.6 Å². The normalized spacial score (nSPS) is 13.2. The van der Waals surface area contributed by atoms with Crippen LogP contribution in [0.15, 0.2) is 42.5 Å². The van der Waals surface area contributed by atoms with Crippen molar-refractivity contribution in [3.63, 3.8) is 0 Å². The van der Waals surface area contributed by atoms with Gasteiger partial charge in [0.2, 0.25) is 0 Å². The van der Waals surface area contributed by atoms with Crippen molar-refractivity contribution in [2.75, 3.05) is 7.05 Å². The number of hydrogen-bond acceptors (Lipinski definition) is 1. The quantitative estimate of drug-likeness (QED) is 0.873. The molecule has 0 amide bonds. The second-order valence-electron chi connectivity index (χ2n) is 5.93. The molecular weight excluding hydrogens is 268 g/mol.